The molecule has 0 radical (unpaired) electrons. The van der Waals surface area contributed by atoms with Crippen molar-refractivity contribution in [3.63, 3.8) is 0 Å². The maximum atomic E-state index is 12.6. The molecule has 1 amide bonds. The third-order valence-corrected chi connectivity index (χ3v) is 6.01. The van der Waals surface area contributed by atoms with Crippen LogP contribution in [0.3, 0.4) is 0 Å². The van der Waals surface area contributed by atoms with Crippen molar-refractivity contribution < 1.29 is 9.53 Å². The van der Waals surface area contributed by atoms with Crippen LogP contribution in [0.1, 0.15) is 40.5 Å². The molecule has 0 fully saturated rings. The van der Waals surface area contributed by atoms with E-state index in [4.69, 9.17) is 4.74 Å². The molecule has 1 atom stereocenters. The summed E-state index contributed by atoms with van der Waals surface area (Å²) in [5.74, 6) is 0.504. The number of aryl methyl sites for hydroxylation is 2. The molecule has 28 heavy (non-hydrogen) atoms. The molecular formula is C21H19N3O3S. The molecule has 142 valence electrons. The van der Waals surface area contributed by atoms with Gasteiger partial charge in [-0.2, -0.15) is 0 Å². The van der Waals surface area contributed by atoms with Crippen molar-refractivity contribution in [3.05, 3.63) is 62.4 Å². The fraction of sp³-hybridized carbons (Fsp3) is 0.286. The highest BCUT2D eigenvalue weighted by Crippen LogP contribution is 2.34. The summed E-state index contributed by atoms with van der Waals surface area (Å²) < 4.78 is 5.74. The lowest BCUT2D eigenvalue weighted by Crippen LogP contribution is -2.24. The molecule has 0 saturated heterocycles. The first-order valence-corrected chi connectivity index (χ1v) is 10.3. The van der Waals surface area contributed by atoms with E-state index in [1.807, 2.05) is 17.5 Å². The standard InChI is InChI=1S/C21H19N3O3S/c1-11-7-14-8-13(5-6-18(14)27-11)17-10-28-21(23-17)24-20(26)15-9-12-3-2-4-16(12)22-19(15)25/h5-6,8-11H,2-4,7H2,1H3,(H,22,25)(H,23,24,26). The van der Waals surface area contributed by atoms with Gasteiger partial charge in [0.05, 0.1) is 5.69 Å². The van der Waals surface area contributed by atoms with E-state index in [1.165, 1.54) is 16.9 Å². The molecule has 1 unspecified atom stereocenters. The van der Waals surface area contributed by atoms with Crippen LogP contribution in [0.4, 0.5) is 5.13 Å². The monoisotopic (exact) mass is 393 g/mol. The molecule has 2 N–H and O–H groups in total. The van der Waals surface area contributed by atoms with Gasteiger partial charge in [-0.3, -0.25) is 14.9 Å². The van der Waals surface area contributed by atoms with Gasteiger partial charge in [-0.25, -0.2) is 4.98 Å². The van der Waals surface area contributed by atoms with Gasteiger partial charge in [-0.15, -0.1) is 11.3 Å². The second-order valence-electron chi connectivity index (χ2n) is 7.32. The Balaban J connectivity index is 1.37. The van der Waals surface area contributed by atoms with Crippen LogP contribution in [0.25, 0.3) is 11.3 Å². The summed E-state index contributed by atoms with van der Waals surface area (Å²) in [6.45, 7) is 2.05. The maximum Gasteiger partial charge on any atom is 0.263 e. The van der Waals surface area contributed by atoms with E-state index >= 15 is 0 Å². The van der Waals surface area contributed by atoms with Crippen LogP contribution in [-0.2, 0) is 19.3 Å². The second-order valence-corrected chi connectivity index (χ2v) is 8.17. The summed E-state index contributed by atoms with van der Waals surface area (Å²) in [5.41, 5.74) is 4.76. The number of H-pyrrole nitrogens is 1. The summed E-state index contributed by atoms with van der Waals surface area (Å²) in [4.78, 5) is 32.2. The van der Waals surface area contributed by atoms with Gasteiger partial charge in [0.1, 0.15) is 17.4 Å². The fourth-order valence-electron chi connectivity index (χ4n) is 3.89. The number of carbonyl (C=O) groups excluding carboxylic acids is 1. The third kappa shape index (κ3) is 3.01. The molecule has 0 bridgehead atoms. The van der Waals surface area contributed by atoms with Gasteiger partial charge in [0, 0.05) is 23.1 Å². The Morgan fingerprint density at radius 3 is 3.07 bits per heavy atom. The van der Waals surface area contributed by atoms with Gasteiger partial charge in [0.15, 0.2) is 5.13 Å². The molecule has 1 aliphatic heterocycles. The average Bonchev–Trinajstić information content (AvgIpc) is 3.38. The predicted octanol–water partition coefficient (Wildman–Crippen LogP) is 3.56. The number of aromatic amines is 1. The number of benzene rings is 1. The Hall–Kier alpha value is -2.93. The van der Waals surface area contributed by atoms with Gasteiger partial charge in [0.2, 0.25) is 0 Å². The Labute approximate surface area is 165 Å². The van der Waals surface area contributed by atoms with Crippen LogP contribution in [-0.4, -0.2) is 22.0 Å². The number of thiazole rings is 1. The molecule has 3 heterocycles. The highest BCUT2D eigenvalue weighted by atomic mass is 32.1. The lowest BCUT2D eigenvalue weighted by molar-refractivity contribution is 0.102. The molecule has 1 aliphatic carbocycles. The third-order valence-electron chi connectivity index (χ3n) is 5.25. The lowest BCUT2D eigenvalue weighted by atomic mass is 10.1. The van der Waals surface area contributed by atoms with Gasteiger partial charge in [0.25, 0.3) is 11.5 Å². The highest BCUT2D eigenvalue weighted by molar-refractivity contribution is 7.14. The van der Waals surface area contributed by atoms with Crippen LogP contribution in [0.2, 0.25) is 0 Å². The number of amides is 1. The molecule has 3 aromatic rings. The average molecular weight is 393 g/mol. The number of pyridine rings is 1. The molecular weight excluding hydrogens is 374 g/mol. The van der Waals surface area contributed by atoms with Gasteiger partial charge in [-0.1, -0.05) is 0 Å². The van der Waals surface area contributed by atoms with Gasteiger partial charge < -0.3 is 9.72 Å². The van der Waals surface area contributed by atoms with Crippen molar-refractivity contribution >= 4 is 22.4 Å². The molecule has 0 spiro atoms. The number of fused-ring (bicyclic) bond motifs is 2. The Morgan fingerprint density at radius 1 is 1.29 bits per heavy atom. The van der Waals surface area contributed by atoms with Crippen LogP contribution in [0.5, 0.6) is 5.75 Å². The number of nitrogens with one attached hydrogen (secondary N) is 2. The van der Waals surface area contributed by atoms with Crippen molar-refractivity contribution in [1.29, 1.82) is 0 Å². The van der Waals surface area contributed by atoms with Crippen LogP contribution in [0.15, 0.2) is 34.4 Å². The minimum Gasteiger partial charge on any atom is -0.490 e. The number of nitrogens with zero attached hydrogens (tertiary/aromatic N) is 1. The molecule has 7 heteroatoms. The first-order chi connectivity index (χ1) is 13.6. The van der Waals surface area contributed by atoms with Crippen molar-refractivity contribution in [2.24, 2.45) is 0 Å². The summed E-state index contributed by atoms with van der Waals surface area (Å²) in [5, 5.41) is 5.15. The number of rotatable bonds is 3. The van der Waals surface area contributed by atoms with E-state index in [0.717, 1.165) is 53.9 Å². The van der Waals surface area contributed by atoms with E-state index < -0.39 is 5.91 Å². The highest BCUT2D eigenvalue weighted by Gasteiger charge is 2.21. The predicted molar refractivity (Wildman–Crippen MR) is 108 cm³/mol. The zero-order valence-electron chi connectivity index (χ0n) is 15.4. The zero-order chi connectivity index (χ0) is 19.3. The van der Waals surface area contributed by atoms with Crippen molar-refractivity contribution in [1.82, 2.24) is 9.97 Å². The topological polar surface area (TPSA) is 84.1 Å². The molecule has 1 aromatic carbocycles. The van der Waals surface area contributed by atoms with Crippen molar-refractivity contribution in [2.75, 3.05) is 5.32 Å². The van der Waals surface area contributed by atoms with E-state index in [2.05, 4.69) is 28.3 Å². The summed E-state index contributed by atoms with van der Waals surface area (Å²) in [6, 6.07) is 7.75. The van der Waals surface area contributed by atoms with Crippen molar-refractivity contribution in [3.8, 4) is 17.0 Å². The minimum absolute atomic E-state index is 0.140. The Kier molecular flexibility index (Phi) is 4.05. The molecule has 6 nitrogen and oxygen atoms in total. The SMILES string of the molecule is CC1Cc2cc(-c3csc(NC(=O)c4cc5c([nH]c4=O)CCC5)n3)ccc2O1. The number of hydrogen-bond acceptors (Lipinski definition) is 5. The van der Waals surface area contributed by atoms with Crippen molar-refractivity contribution in [2.45, 2.75) is 38.7 Å². The first kappa shape index (κ1) is 17.2. The van der Waals surface area contributed by atoms with Gasteiger partial charge >= 0.3 is 0 Å². The number of ether oxygens (including phenoxy) is 1. The lowest BCUT2D eigenvalue weighted by Gasteiger charge is -2.04. The summed E-state index contributed by atoms with van der Waals surface area (Å²) in [6.07, 6.45) is 3.86. The van der Waals surface area contributed by atoms with Crippen LogP contribution in [0, 0.1) is 0 Å². The molecule has 5 rings (SSSR count). The molecule has 0 saturated carbocycles. The number of hydrogen-bond donors (Lipinski definition) is 2. The second kappa shape index (κ2) is 6.60. The number of aromatic nitrogens is 2. The van der Waals surface area contributed by atoms with E-state index in [1.54, 1.807) is 6.07 Å². The summed E-state index contributed by atoms with van der Waals surface area (Å²) >= 11 is 1.35. The normalized spacial score (nSPS) is 17.1. The molecule has 2 aromatic heterocycles. The van der Waals surface area contributed by atoms with E-state index in [-0.39, 0.29) is 17.2 Å². The largest absolute Gasteiger partial charge is 0.490 e. The molecule has 2 aliphatic rings. The quantitative estimate of drug-likeness (QED) is 0.713. The zero-order valence-corrected chi connectivity index (χ0v) is 16.2. The van der Waals surface area contributed by atoms with E-state index in [0.29, 0.717) is 5.13 Å². The summed E-state index contributed by atoms with van der Waals surface area (Å²) in [7, 11) is 0. The van der Waals surface area contributed by atoms with E-state index in [9.17, 15) is 9.59 Å². The van der Waals surface area contributed by atoms with Crippen LogP contribution >= 0.6 is 11.3 Å². The maximum absolute atomic E-state index is 12.6. The Bertz CT molecular complexity index is 1150. The van der Waals surface area contributed by atoms with Gasteiger partial charge in [-0.05, 0) is 61.6 Å². The first-order valence-electron chi connectivity index (χ1n) is 9.39. The fourth-order valence-corrected chi connectivity index (χ4v) is 4.61. The number of anilines is 1. The van der Waals surface area contributed by atoms with Crippen LogP contribution < -0.4 is 15.6 Å². The minimum atomic E-state index is -0.423. The number of carbonyl (C=O) groups is 1. The Morgan fingerprint density at radius 2 is 2.18 bits per heavy atom. The smallest absolute Gasteiger partial charge is 0.263 e.